The lowest BCUT2D eigenvalue weighted by molar-refractivity contribution is 0.405. The van der Waals surface area contributed by atoms with Crippen LogP contribution in [0.2, 0.25) is 5.15 Å². The van der Waals surface area contributed by atoms with E-state index in [4.69, 9.17) is 26.0 Å². The van der Waals surface area contributed by atoms with Crippen LogP contribution in [-0.4, -0.2) is 25.2 Å². The molecule has 0 amide bonds. The number of rotatable bonds is 0. The lowest BCUT2D eigenvalue weighted by Gasteiger charge is -1.76. The Morgan fingerprint density at radius 3 is 2.27 bits per heavy atom. The second-order valence-electron chi connectivity index (χ2n) is 1.23. The van der Waals surface area contributed by atoms with E-state index in [0.29, 0.717) is 5.15 Å². The molecule has 0 spiro atoms. The Morgan fingerprint density at radius 2 is 2.09 bits per heavy atom. The van der Waals surface area contributed by atoms with Crippen LogP contribution in [0.5, 0.6) is 0 Å². The number of halogens is 1. The van der Waals surface area contributed by atoms with Crippen LogP contribution in [0.25, 0.3) is 0 Å². The Kier molecular flexibility index (Phi) is 5.87. The molecule has 0 bridgehead atoms. The van der Waals surface area contributed by atoms with Gasteiger partial charge < -0.3 is 9.79 Å². The van der Waals surface area contributed by atoms with E-state index < -0.39 is 8.25 Å². The zero-order valence-electron chi connectivity index (χ0n) is 5.18. The molecule has 62 valence electrons. The summed E-state index contributed by atoms with van der Waals surface area (Å²) in [5.41, 5.74) is 0. The topological polar surface area (TPSA) is 96.2 Å². The van der Waals surface area contributed by atoms with Crippen molar-refractivity contribution in [3.63, 3.8) is 0 Å². The van der Waals surface area contributed by atoms with Crippen molar-refractivity contribution in [1.29, 1.82) is 0 Å². The van der Waals surface area contributed by atoms with Crippen LogP contribution in [0.3, 0.4) is 0 Å². The first-order valence-electron chi connectivity index (χ1n) is 2.34. The zero-order chi connectivity index (χ0) is 8.69. The highest BCUT2D eigenvalue weighted by Crippen LogP contribution is 1.98. The van der Waals surface area contributed by atoms with E-state index in [-0.39, 0.29) is 0 Å². The van der Waals surface area contributed by atoms with Crippen LogP contribution in [-0.2, 0) is 4.57 Å². The van der Waals surface area contributed by atoms with Crippen LogP contribution in [0.15, 0.2) is 12.3 Å². The maximum Gasteiger partial charge on any atom is 0.314 e. The van der Waals surface area contributed by atoms with Crippen LogP contribution < -0.4 is 0 Å². The van der Waals surface area contributed by atoms with Gasteiger partial charge >= 0.3 is 8.25 Å². The highest BCUT2D eigenvalue weighted by Gasteiger charge is 1.79. The Hall–Kier alpha value is -0.550. The quantitative estimate of drug-likeness (QED) is 0.563. The summed E-state index contributed by atoms with van der Waals surface area (Å²) >= 11 is 5.33. The third-order valence-electron chi connectivity index (χ3n) is 0.471. The molecule has 0 aromatic carbocycles. The summed E-state index contributed by atoms with van der Waals surface area (Å²) in [7, 11) is -3.13. The lowest BCUT2D eigenvalue weighted by atomic mass is 10.7. The summed E-state index contributed by atoms with van der Waals surface area (Å²) in [4.78, 5) is 14.3. The highest BCUT2D eigenvalue weighted by molar-refractivity contribution is 7.30. The first-order chi connectivity index (χ1) is 5.13. The molecule has 1 rings (SSSR count). The van der Waals surface area contributed by atoms with E-state index in [2.05, 4.69) is 15.4 Å². The van der Waals surface area contributed by atoms with Gasteiger partial charge in [0.05, 0.1) is 6.20 Å². The largest absolute Gasteiger partial charge is 0.326 e. The van der Waals surface area contributed by atoms with E-state index >= 15 is 0 Å². The van der Waals surface area contributed by atoms with Crippen LogP contribution in [0.4, 0.5) is 0 Å². The summed E-state index contributed by atoms with van der Waals surface area (Å²) in [5.74, 6) is 0. The maximum atomic E-state index is 8.74. The Labute approximate surface area is 67.8 Å². The van der Waals surface area contributed by atoms with Gasteiger partial charge in [0.1, 0.15) is 0 Å². The molecule has 0 aliphatic rings. The van der Waals surface area contributed by atoms with Crippen LogP contribution in [0, 0.1) is 0 Å². The molecule has 0 radical (unpaired) electrons. The molecule has 0 saturated carbocycles. The molecule has 1 aromatic heterocycles. The van der Waals surface area contributed by atoms with Gasteiger partial charge in [-0.1, -0.05) is 11.6 Å². The third kappa shape index (κ3) is 9.45. The van der Waals surface area contributed by atoms with Crippen molar-refractivity contribution < 1.29 is 14.4 Å². The summed E-state index contributed by atoms with van der Waals surface area (Å²) in [6.07, 6.45) is 1.48. The molecule has 1 aromatic rings. The summed E-state index contributed by atoms with van der Waals surface area (Å²) < 4.78 is 8.74. The van der Waals surface area contributed by atoms with Gasteiger partial charge in [-0.3, -0.25) is 4.57 Å². The third-order valence-corrected chi connectivity index (χ3v) is 0.672. The molecule has 8 heteroatoms. The predicted octanol–water partition coefficient (Wildman–Crippen LogP) is -0.114. The molecule has 0 saturated heterocycles. The zero-order valence-corrected chi connectivity index (χ0v) is 6.93. The number of nitrogens with zero attached hydrogens (tertiary/aromatic N) is 3. The number of aromatic nitrogens is 3. The van der Waals surface area contributed by atoms with E-state index in [0.717, 1.165) is 0 Å². The summed E-state index contributed by atoms with van der Waals surface area (Å²) in [5, 5.41) is 10.4. The van der Waals surface area contributed by atoms with Crippen molar-refractivity contribution in [3.8, 4) is 0 Å². The minimum Gasteiger partial charge on any atom is -0.326 e. The fourth-order valence-corrected chi connectivity index (χ4v) is 0.317. The van der Waals surface area contributed by atoms with Gasteiger partial charge in [0.15, 0.2) is 5.15 Å². The molecule has 11 heavy (non-hydrogen) atoms. The lowest BCUT2D eigenvalue weighted by Crippen LogP contribution is -1.81. The van der Waals surface area contributed by atoms with Gasteiger partial charge in [0, 0.05) is 0 Å². The van der Waals surface area contributed by atoms with Gasteiger partial charge in [-0.15, -0.1) is 10.2 Å². The predicted molar refractivity (Wildman–Crippen MR) is 38.3 cm³/mol. The number of hydrogen-bond acceptors (Lipinski definition) is 4. The maximum absolute atomic E-state index is 8.74. The Morgan fingerprint density at radius 1 is 1.55 bits per heavy atom. The van der Waals surface area contributed by atoms with E-state index in [1.165, 1.54) is 6.20 Å². The van der Waals surface area contributed by atoms with Crippen molar-refractivity contribution in [1.82, 2.24) is 15.4 Å². The molecule has 0 aliphatic heterocycles. The minimum atomic E-state index is -3.13. The molecule has 0 fully saturated rings. The molecule has 0 aliphatic carbocycles. The van der Waals surface area contributed by atoms with Crippen LogP contribution >= 0.6 is 19.9 Å². The van der Waals surface area contributed by atoms with Crippen molar-refractivity contribution >= 4 is 19.9 Å². The standard InChI is InChI=1S/C3H2ClN3.H3O3P/c4-3-1-2-5-7-6-3;1-4(2)3/h1-2H;4H,(H2,1,2,3). The second-order valence-corrected chi connectivity index (χ2v) is 2.18. The molecular weight excluding hydrogens is 192 g/mol. The average molecular weight is 198 g/mol. The SMILES string of the molecule is Clc1ccnnn1.O=[PH](O)O. The minimum absolute atomic E-state index is 0.370. The van der Waals surface area contributed by atoms with E-state index in [1.54, 1.807) is 6.07 Å². The van der Waals surface area contributed by atoms with Crippen molar-refractivity contribution in [2.45, 2.75) is 0 Å². The Balaban J connectivity index is 0.000000218. The normalized spacial score (nSPS) is 8.73. The highest BCUT2D eigenvalue weighted by atomic mass is 35.5. The summed E-state index contributed by atoms with van der Waals surface area (Å²) in [6, 6.07) is 1.56. The van der Waals surface area contributed by atoms with Gasteiger partial charge in [-0.05, 0) is 11.3 Å². The first-order valence-corrected chi connectivity index (χ1v) is 4.02. The summed E-state index contributed by atoms with van der Waals surface area (Å²) in [6.45, 7) is 0. The smallest absolute Gasteiger partial charge is 0.314 e. The van der Waals surface area contributed by atoms with Crippen LogP contribution in [0.1, 0.15) is 0 Å². The van der Waals surface area contributed by atoms with E-state index in [9.17, 15) is 0 Å². The Bertz CT molecular complexity index is 216. The van der Waals surface area contributed by atoms with Gasteiger partial charge in [0.2, 0.25) is 0 Å². The average Bonchev–Trinajstić information content (AvgIpc) is 1.87. The fourth-order valence-electron chi connectivity index (χ4n) is 0.227. The molecule has 2 N–H and O–H groups in total. The fraction of sp³-hybridized carbons (Fsp3) is 0. The van der Waals surface area contributed by atoms with Crippen molar-refractivity contribution in [3.05, 3.63) is 17.4 Å². The van der Waals surface area contributed by atoms with Crippen molar-refractivity contribution in [2.75, 3.05) is 0 Å². The molecular formula is C3H5ClN3O3P. The first kappa shape index (κ1) is 10.4. The van der Waals surface area contributed by atoms with Gasteiger partial charge in [-0.2, -0.15) is 0 Å². The number of hydrogen-bond donors (Lipinski definition) is 2. The second kappa shape index (κ2) is 6.18. The van der Waals surface area contributed by atoms with Gasteiger partial charge in [-0.25, -0.2) is 0 Å². The molecule has 0 atom stereocenters. The monoisotopic (exact) mass is 197 g/mol. The molecule has 0 unspecified atom stereocenters. The molecule has 1 heterocycles. The van der Waals surface area contributed by atoms with Crippen molar-refractivity contribution in [2.24, 2.45) is 0 Å². The van der Waals surface area contributed by atoms with E-state index in [1.807, 2.05) is 0 Å². The molecule has 6 nitrogen and oxygen atoms in total. The van der Waals surface area contributed by atoms with Gasteiger partial charge in [0.25, 0.3) is 0 Å².